The average molecular weight is 504 g/mol. The number of benzene rings is 2. The van der Waals surface area contributed by atoms with Crippen LogP contribution >= 0.6 is 0 Å². The smallest absolute Gasteiger partial charge is 0.233 e. The second kappa shape index (κ2) is 11.9. The first-order valence-electron chi connectivity index (χ1n) is 13.3. The van der Waals surface area contributed by atoms with E-state index in [0.29, 0.717) is 38.6 Å². The number of allylic oxidation sites excluding steroid dienone is 2. The molecule has 1 aliphatic carbocycles. The summed E-state index contributed by atoms with van der Waals surface area (Å²) in [4.78, 5) is 27.6. The molecule has 1 fully saturated rings. The van der Waals surface area contributed by atoms with Crippen LogP contribution in [0.15, 0.2) is 65.7 Å². The van der Waals surface area contributed by atoms with E-state index in [9.17, 15) is 24.9 Å². The van der Waals surface area contributed by atoms with Gasteiger partial charge in [0.25, 0.3) is 0 Å². The zero-order valence-electron chi connectivity index (χ0n) is 21.6. The predicted molar refractivity (Wildman–Crippen MR) is 144 cm³/mol. The highest BCUT2D eigenvalue weighted by Gasteiger charge is 2.54. The van der Waals surface area contributed by atoms with Gasteiger partial charge >= 0.3 is 0 Å². The highest BCUT2D eigenvalue weighted by atomic mass is 16.3. The van der Waals surface area contributed by atoms with Crippen molar-refractivity contribution in [1.29, 1.82) is 0 Å². The lowest BCUT2D eigenvalue weighted by Gasteiger charge is -2.36. The molecule has 6 nitrogen and oxygen atoms in total. The van der Waals surface area contributed by atoms with Crippen molar-refractivity contribution in [3.63, 3.8) is 0 Å². The molecular formula is C31H37NO5. The van der Waals surface area contributed by atoms with E-state index in [1.807, 2.05) is 56.3 Å². The number of aliphatic hydroxyl groups excluding tert-OH is 2. The Morgan fingerprint density at radius 2 is 1.84 bits per heavy atom. The lowest BCUT2D eigenvalue weighted by atomic mass is 9.67. The van der Waals surface area contributed by atoms with Crippen LogP contribution in [-0.2, 0) is 9.59 Å². The number of imide groups is 1. The molecule has 3 N–H and O–H groups in total. The van der Waals surface area contributed by atoms with Crippen LogP contribution in [0.5, 0.6) is 5.75 Å². The molecule has 2 aromatic rings. The standard InChI is InChI=1S/C31H37NO5/c1-3-15-32-30(36)25-18-21(4-2)28(26(19-33)29(25)31(32)37)27(35)14-13-23(22-10-6-5-7-11-22)16-20-9-8-12-24(34)17-20/h5-12,16-17,25-27,29,33-35H,3-4,13-15,18-19H2,1-2H3/b23-16-/t25-,26+,27-,29-/m1/s1. The molecule has 0 unspecified atom stereocenters. The summed E-state index contributed by atoms with van der Waals surface area (Å²) < 4.78 is 0. The number of amides is 2. The lowest BCUT2D eigenvalue weighted by molar-refractivity contribution is -0.140. The van der Waals surface area contributed by atoms with Crippen molar-refractivity contribution in [2.45, 2.75) is 52.1 Å². The van der Waals surface area contributed by atoms with Crippen LogP contribution in [-0.4, -0.2) is 51.3 Å². The first kappa shape index (κ1) is 26.8. The summed E-state index contributed by atoms with van der Waals surface area (Å²) in [7, 11) is 0. The van der Waals surface area contributed by atoms with Crippen LogP contribution in [0.4, 0.5) is 0 Å². The predicted octanol–water partition coefficient (Wildman–Crippen LogP) is 4.80. The van der Waals surface area contributed by atoms with Gasteiger partial charge in [-0.05, 0) is 66.5 Å². The van der Waals surface area contributed by atoms with Crippen molar-refractivity contribution in [3.8, 4) is 5.75 Å². The van der Waals surface area contributed by atoms with Gasteiger partial charge in [-0.1, -0.05) is 68.0 Å². The Morgan fingerprint density at radius 1 is 1.08 bits per heavy atom. The van der Waals surface area contributed by atoms with Gasteiger partial charge in [-0.15, -0.1) is 0 Å². The monoisotopic (exact) mass is 503 g/mol. The number of carbonyl (C=O) groups is 2. The summed E-state index contributed by atoms with van der Waals surface area (Å²) in [6.07, 6.45) is 3.95. The molecule has 0 radical (unpaired) electrons. The molecule has 4 rings (SSSR count). The summed E-state index contributed by atoms with van der Waals surface area (Å²) in [5, 5.41) is 31.8. The fourth-order valence-electron chi connectivity index (χ4n) is 6.02. The summed E-state index contributed by atoms with van der Waals surface area (Å²) in [6, 6.07) is 17.0. The van der Waals surface area contributed by atoms with Crippen molar-refractivity contribution in [2.75, 3.05) is 13.2 Å². The second-order valence-corrected chi connectivity index (χ2v) is 10.1. The molecule has 0 saturated carbocycles. The average Bonchev–Trinajstić information content (AvgIpc) is 3.15. The Bertz CT molecular complexity index is 1190. The van der Waals surface area contributed by atoms with Crippen molar-refractivity contribution in [2.24, 2.45) is 17.8 Å². The number of aromatic hydroxyl groups is 1. The van der Waals surface area contributed by atoms with E-state index in [1.54, 1.807) is 18.2 Å². The topological polar surface area (TPSA) is 98.1 Å². The second-order valence-electron chi connectivity index (χ2n) is 10.1. The number of phenols is 1. The third-order valence-corrected chi connectivity index (χ3v) is 7.75. The van der Waals surface area contributed by atoms with Crippen LogP contribution in [0.2, 0.25) is 0 Å². The SMILES string of the molecule is CCCN1C(=O)[C@@H]2[C@@H](CC(CC)=C([C@H](O)CC/C(=C/c3cccc(O)c3)c3ccccc3)[C@@H]2CO)C1=O. The molecule has 0 aromatic heterocycles. The summed E-state index contributed by atoms with van der Waals surface area (Å²) in [6.45, 7) is 4.05. The highest BCUT2D eigenvalue weighted by molar-refractivity contribution is 6.05. The molecule has 1 saturated heterocycles. The number of nitrogens with zero attached hydrogens (tertiary/aromatic N) is 1. The zero-order valence-corrected chi connectivity index (χ0v) is 21.6. The Balaban J connectivity index is 1.61. The van der Waals surface area contributed by atoms with Gasteiger partial charge in [-0.2, -0.15) is 0 Å². The van der Waals surface area contributed by atoms with E-state index >= 15 is 0 Å². The van der Waals surface area contributed by atoms with Crippen LogP contribution in [0.25, 0.3) is 11.6 Å². The number of fused-ring (bicyclic) bond motifs is 1. The van der Waals surface area contributed by atoms with Gasteiger partial charge in [0.15, 0.2) is 0 Å². The van der Waals surface area contributed by atoms with E-state index < -0.39 is 23.9 Å². The van der Waals surface area contributed by atoms with Crippen LogP contribution in [0.3, 0.4) is 0 Å². The fraction of sp³-hybridized carbons (Fsp3) is 0.419. The number of likely N-dealkylation sites (tertiary alicyclic amines) is 1. The summed E-state index contributed by atoms with van der Waals surface area (Å²) in [5.41, 5.74) is 4.61. The number of carbonyl (C=O) groups excluding carboxylic acids is 2. The Labute approximate surface area is 218 Å². The Hall–Kier alpha value is -3.22. The Kier molecular flexibility index (Phi) is 8.62. The zero-order chi connectivity index (χ0) is 26.5. The lowest BCUT2D eigenvalue weighted by Crippen LogP contribution is -2.39. The number of rotatable bonds is 10. The number of phenolic OH excluding ortho intramolecular Hbond substituents is 1. The normalized spacial score (nSPS) is 23.0. The van der Waals surface area contributed by atoms with E-state index in [4.69, 9.17) is 0 Å². The van der Waals surface area contributed by atoms with Crippen LogP contribution in [0, 0.1) is 17.8 Å². The molecule has 37 heavy (non-hydrogen) atoms. The summed E-state index contributed by atoms with van der Waals surface area (Å²) >= 11 is 0. The van der Waals surface area contributed by atoms with Crippen LogP contribution in [0.1, 0.15) is 57.1 Å². The molecule has 1 heterocycles. The number of hydrogen-bond donors (Lipinski definition) is 3. The molecule has 2 amide bonds. The maximum absolute atomic E-state index is 13.2. The molecule has 2 aromatic carbocycles. The first-order valence-corrected chi connectivity index (χ1v) is 13.3. The molecule has 4 atom stereocenters. The van der Waals surface area contributed by atoms with Gasteiger partial charge in [0, 0.05) is 12.5 Å². The largest absolute Gasteiger partial charge is 0.508 e. The van der Waals surface area contributed by atoms with Gasteiger partial charge < -0.3 is 15.3 Å². The quantitative estimate of drug-likeness (QED) is 0.246. The number of hydrogen-bond acceptors (Lipinski definition) is 5. The minimum absolute atomic E-state index is 0.143. The summed E-state index contributed by atoms with van der Waals surface area (Å²) in [5.74, 6) is -1.79. The minimum Gasteiger partial charge on any atom is -0.508 e. The number of aliphatic hydroxyl groups is 2. The molecule has 2 aliphatic rings. The van der Waals surface area contributed by atoms with Crippen molar-refractivity contribution in [1.82, 2.24) is 4.90 Å². The van der Waals surface area contributed by atoms with Crippen LogP contribution < -0.4 is 0 Å². The highest BCUT2D eigenvalue weighted by Crippen LogP contribution is 2.47. The molecule has 0 bridgehead atoms. The van der Waals surface area contributed by atoms with E-state index in [2.05, 4.69) is 0 Å². The molecular weight excluding hydrogens is 466 g/mol. The van der Waals surface area contributed by atoms with Gasteiger partial charge in [0.1, 0.15) is 5.75 Å². The molecule has 196 valence electrons. The van der Waals surface area contributed by atoms with E-state index in [-0.39, 0.29) is 24.2 Å². The maximum Gasteiger partial charge on any atom is 0.233 e. The maximum atomic E-state index is 13.2. The molecule has 0 spiro atoms. The molecule has 1 aliphatic heterocycles. The van der Waals surface area contributed by atoms with Crippen molar-refractivity contribution >= 4 is 23.5 Å². The van der Waals surface area contributed by atoms with Crippen molar-refractivity contribution < 1.29 is 24.9 Å². The third-order valence-electron chi connectivity index (χ3n) is 7.75. The van der Waals surface area contributed by atoms with Gasteiger partial charge in [0.05, 0.1) is 24.5 Å². The molecule has 6 heteroatoms. The van der Waals surface area contributed by atoms with E-state index in [0.717, 1.165) is 27.8 Å². The fourth-order valence-corrected chi connectivity index (χ4v) is 6.02. The van der Waals surface area contributed by atoms with E-state index in [1.165, 1.54) is 4.90 Å². The third kappa shape index (κ3) is 5.55. The van der Waals surface area contributed by atoms with Gasteiger partial charge in [-0.3, -0.25) is 14.5 Å². The first-order chi connectivity index (χ1) is 17.9. The van der Waals surface area contributed by atoms with Gasteiger partial charge in [0.2, 0.25) is 11.8 Å². The van der Waals surface area contributed by atoms with Gasteiger partial charge in [-0.25, -0.2) is 0 Å². The Morgan fingerprint density at radius 3 is 2.49 bits per heavy atom. The minimum atomic E-state index is -0.840. The van der Waals surface area contributed by atoms with Crippen molar-refractivity contribution in [3.05, 3.63) is 76.9 Å².